The van der Waals surface area contributed by atoms with Gasteiger partial charge in [-0.1, -0.05) is 25.8 Å². The number of urea groups is 1. The van der Waals surface area contributed by atoms with Gasteiger partial charge in [0.15, 0.2) is 0 Å². The smallest absolute Gasteiger partial charge is 0.317 e. The van der Waals surface area contributed by atoms with Crippen LogP contribution in [0.25, 0.3) is 0 Å². The quantitative estimate of drug-likeness (QED) is 0.876. The first-order valence-corrected chi connectivity index (χ1v) is 8.72. The van der Waals surface area contributed by atoms with Crippen LogP contribution in [0.2, 0.25) is 0 Å². The van der Waals surface area contributed by atoms with Crippen LogP contribution >= 0.6 is 11.3 Å². The van der Waals surface area contributed by atoms with Crippen LogP contribution in [0, 0.1) is 5.92 Å². The minimum Gasteiger partial charge on any atom is -0.393 e. The van der Waals surface area contributed by atoms with Crippen LogP contribution in [0.15, 0.2) is 17.5 Å². The number of thiophene rings is 1. The summed E-state index contributed by atoms with van der Waals surface area (Å²) < 4.78 is 0. The maximum Gasteiger partial charge on any atom is 0.317 e. The average molecular weight is 310 g/mol. The van der Waals surface area contributed by atoms with Gasteiger partial charge in [0, 0.05) is 24.4 Å². The highest BCUT2D eigenvalue weighted by molar-refractivity contribution is 7.10. The van der Waals surface area contributed by atoms with Crippen molar-refractivity contribution in [2.45, 2.75) is 51.2 Å². The van der Waals surface area contributed by atoms with Crippen molar-refractivity contribution in [2.75, 3.05) is 13.6 Å². The molecule has 118 valence electrons. The first kappa shape index (κ1) is 16.3. The number of nitrogens with one attached hydrogen (secondary N) is 1. The number of carbonyl (C=O) groups is 1. The molecule has 2 N–H and O–H groups in total. The second-order valence-corrected chi connectivity index (χ2v) is 6.90. The van der Waals surface area contributed by atoms with Crippen LogP contribution in [-0.4, -0.2) is 35.7 Å². The SMILES string of the molecule is CCC(NC(=O)N(C)CC1CCCCC1O)c1cccs1. The molecule has 0 radical (unpaired) electrons. The molecule has 0 saturated heterocycles. The summed E-state index contributed by atoms with van der Waals surface area (Å²) in [5, 5.41) is 15.1. The van der Waals surface area contributed by atoms with Crippen molar-refractivity contribution < 1.29 is 9.90 Å². The number of rotatable bonds is 5. The molecule has 21 heavy (non-hydrogen) atoms. The minimum atomic E-state index is -0.256. The zero-order valence-electron chi connectivity index (χ0n) is 12.9. The maximum atomic E-state index is 12.3. The highest BCUT2D eigenvalue weighted by Gasteiger charge is 2.26. The summed E-state index contributed by atoms with van der Waals surface area (Å²) in [6, 6.07) is 4.10. The average Bonchev–Trinajstić information content (AvgIpc) is 3.00. The van der Waals surface area contributed by atoms with Gasteiger partial charge in [-0.15, -0.1) is 11.3 Å². The molecule has 3 unspecified atom stereocenters. The number of aliphatic hydroxyl groups excluding tert-OH is 1. The molecule has 1 heterocycles. The molecule has 1 saturated carbocycles. The fraction of sp³-hybridized carbons (Fsp3) is 0.688. The third-order valence-electron chi connectivity index (χ3n) is 4.32. The number of carbonyl (C=O) groups excluding carboxylic acids is 1. The molecule has 2 rings (SSSR count). The minimum absolute atomic E-state index is 0.0481. The Kier molecular flexibility index (Phi) is 6.06. The summed E-state index contributed by atoms with van der Waals surface area (Å²) in [5.74, 6) is 0.219. The first-order chi connectivity index (χ1) is 10.1. The van der Waals surface area contributed by atoms with E-state index in [-0.39, 0.29) is 24.1 Å². The molecule has 1 aromatic rings. The zero-order valence-corrected chi connectivity index (χ0v) is 13.7. The lowest BCUT2D eigenvalue weighted by Gasteiger charge is -2.31. The fourth-order valence-electron chi connectivity index (χ4n) is 2.96. The Hall–Kier alpha value is -1.07. The molecule has 4 nitrogen and oxygen atoms in total. The summed E-state index contributed by atoms with van der Waals surface area (Å²) in [6.45, 7) is 2.71. The second kappa shape index (κ2) is 7.80. The predicted molar refractivity (Wildman–Crippen MR) is 86.5 cm³/mol. The summed E-state index contributed by atoms with van der Waals surface area (Å²) in [4.78, 5) is 15.2. The molecule has 0 bridgehead atoms. The van der Waals surface area contributed by atoms with Crippen LogP contribution in [0.3, 0.4) is 0 Å². The summed E-state index contributed by atoms with van der Waals surface area (Å²) >= 11 is 1.67. The van der Waals surface area contributed by atoms with Gasteiger partial charge < -0.3 is 15.3 Å². The number of nitrogens with zero attached hydrogens (tertiary/aromatic N) is 1. The largest absolute Gasteiger partial charge is 0.393 e. The molecular weight excluding hydrogens is 284 g/mol. The predicted octanol–water partition coefficient (Wildman–Crippen LogP) is 3.39. The standard InChI is InChI=1S/C16H26N2O2S/c1-3-13(15-9-6-10-21-15)17-16(20)18(2)11-12-7-4-5-8-14(12)19/h6,9-10,12-14,19H,3-5,7-8,11H2,1-2H3,(H,17,20). The van der Waals surface area contributed by atoms with E-state index in [1.165, 1.54) is 4.88 Å². The van der Waals surface area contributed by atoms with Gasteiger partial charge >= 0.3 is 6.03 Å². The second-order valence-electron chi connectivity index (χ2n) is 5.92. The van der Waals surface area contributed by atoms with Gasteiger partial charge in [0.05, 0.1) is 12.1 Å². The van der Waals surface area contributed by atoms with Gasteiger partial charge in [0.25, 0.3) is 0 Å². The number of amides is 2. The van der Waals surface area contributed by atoms with E-state index in [0.717, 1.165) is 32.1 Å². The summed E-state index contributed by atoms with van der Waals surface area (Å²) in [6.07, 6.45) is 4.77. The van der Waals surface area contributed by atoms with E-state index in [2.05, 4.69) is 18.3 Å². The Balaban J connectivity index is 1.86. The lowest BCUT2D eigenvalue weighted by Crippen LogP contribution is -2.43. The Labute approximate surface area is 131 Å². The molecule has 1 fully saturated rings. The maximum absolute atomic E-state index is 12.3. The molecule has 0 spiro atoms. The van der Waals surface area contributed by atoms with Crippen LogP contribution in [-0.2, 0) is 0 Å². The topological polar surface area (TPSA) is 52.6 Å². The van der Waals surface area contributed by atoms with E-state index < -0.39 is 0 Å². The number of hydrogen-bond donors (Lipinski definition) is 2. The monoisotopic (exact) mass is 310 g/mol. The van der Waals surface area contributed by atoms with Gasteiger partial charge in [-0.05, 0) is 30.7 Å². The molecule has 2 amide bonds. The van der Waals surface area contributed by atoms with E-state index in [9.17, 15) is 9.90 Å². The van der Waals surface area contributed by atoms with E-state index in [4.69, 9.17) is 0 Å². The Morgan fingerprint density at radius 3 is 2.90 bits per heavy atom. The molecular formula is C16H26N2O2S. The van der Waals surface area contributed by atoms with Crippen molar-refractivity contribution in [2.24, 2.45) is 5.92 Å². The lowest BCUT2D eigenvalue weighted by atomic mass is 9.86. The molecule has 5 heteroatoms. The van der Waals surface area contributed by atoms with Crippen LogP contribution in [0.1, 0.15) is 49.9 Å². The molecule has 0 aliphatic heterocycles. The highest BCUT2D eigenvalue weighted by atomic mass is 32.1. The van der Waals surface area contributed by atoms with Crippen molar-refractivity contribution in [1.82, 2.24) is 10.2 Å². The Bertz CT molecular complexity index is 435. The van der Waals surface area contributed by atoms with Gasteiger partial charge in [-0.3, -0.25) is 0 Å². The normalized spacial score (nSPS) is 23.6. The molecule has 3 atom stereocenters. The summed E-state index contributed by atoms with van der Waals surface area (Å²) in [5.41, 5.74) is 0. The Morgan fingerprint density at radius 1 is 1.52 bits per heavy atom. The van der Waals surface area contributed by atoms with Crippen molar-refractivity contribution in [3.05, 3.63) is 22.4 Å². The Morgan fingerprint density at radius 2 is 2.29 bits per heavy atom. The van der Waals surface area contributed by atoms with Gasteiger partial charge in [0.1, 0.15) is 0 Å². The lowest BCUT2D eigenvalue weighted by molar-refractivity contribution is 0.0563. The fourth-order valence-corrected chi connectivity index (χ4v) is 3.82. The van der Waals surface area contributed by atoms with Gasteiger partial charge in [-0.2, -0.15) is 0 Å². The van der Waals surface area contributed by atoms with Crippen LogP contribution in [0.4, 0.5) is 4.79 Å². The van der Waals surface area contributed by atoms with Crippen molar-refractivity contribution >= 4 is 17.4 Å². The number of hydrogen-bond acceptors (Lipinski definition) is 3. The molecule has 0 aromatic carbocycles. The summed E-state index contributed by atoms with van der Waals surface area (Å²) in [7, 11) is 1.82. The zero-order chi connectivity index (χ0) is 15.2. The van der Waals surface area contributed by atoms with Crippen molar-refractivity contribution in [1.29, 1.82) is 0 Å². The molecule has 1 aliphatic carbocycles. The third-order valence-corrected chi connectivity index (χ3v) is 5.30. The van der Waals surface area contributed by atoms with Crippen molar-refractivity contribution in [3.8, 4) is 0 Å². The van der Waals surface area contributed by atoms with Crippen molar-refractivity contribution in [3.63, 3.8) is 0 Å². The van der Waals surface area contributed by atoms with Crippen LogP contribution in [0.5, 0.6) is 0 Å². The third kappa shape index (κ3) is 4.45. The van der Waals surface area contributed by atoms with Gasteiger partial charge in [-0.25, -0.2) is 4.79 Å². The van der Waals surface area contributed by atoms with E-state index >= 15 is 0 Å². The van der Waals surface area contributed by atoms with Crippen LogP contribution < -0.4 is 5.32 Å². The molecule has 1 aliphatic rings. The van der Waals surface area contributed by atoms with E-state index in [1.54, 1.807) is 16.2 Å². The first-order valence-electron chi connectivity index (χ1n) is 7.85. The van der Waals surface area contributed by atoms with E-state index in [1.807, 2.05) is 18.5 Å². The van der Waals surface area contributed by atoms with E-state index in [0.29, 0.717) is 6.54 Å². The highest BCUT2D eigenvalue weighted by Crippen LogP contribution is 2.25. The van der Waals surface area contributed by atoms with Gasteiger partial charge in [0.2, 0.25) is 0 Å². The molecule has 1 aromatic heterocycles. The number of aliphatic hydroxyl groups is 1.